The van der Waals surface area contributed by atoms with Gasteiger partial charge in [0.15, 0.2) is 0 Å². The van der Waals surface area contributed by atoms with Crippen LogP contribution in [0, 0.1) is 5.82 Å². The van der Waals surface area contributed by atoms with Crippen molar-refractivity contribution in [3.63, 3.8) is 0 Å². The van der Waals surface area contributed by atoms with Gasteiger partial charge in [-0.2, -0.15) is 0 Å². The Kier molecular flexibility index (Phi) is 3.42. The molecule has 14 heavy (non-hydrogen) atoms. The Morgan fingerprint density at radius 3 is 2.57 bits per heavy atom. The second-order valence-corrected chi connectivity index (χ2v) is 7.00. The first-order valence-corrected chi connectivity index (χ1v) is 7.21. The van der Waals surface area contributed by atoms with E-state index in [-0.39, 0.29) is 10.6 Å². The van der Waals surface area contributed by atoms with Crippen molar-refractivity contribution in [3.05, 3.63) is 42.9 Å². The predicted octanol–water partition coefficient (Wildman–Crippen LogP) is 5.20. The number of thiophene rings is 2. The smallest absolute Gasteiger partial charge is 0.138 e. The molecule has 0 aliphatic heterocycles. The molecule has 0 N–H and O–H groups in total. The van der Waals surface area contributed by atoms with E-state index in [1.54, 1.807) is 16.7 Å². The molecule has 0 saturated heterocycles. The quantitative estimate of drug-likeness (QED) is 0.650. The fourth-order valence-electron chi connectivity index (χ4n) is 1.08. The molecule has 1 unspecified atom stereocenters. The van der Waals surface area contributed by atoms with Gasteiger partial charge in [-0.05, 0) is 39.5 Å². The molecule has 5 heteroatoms. The molecular formula is C9H5Br2FS2. The minimum absolute atomic E-state index is 0.0289. The lowest BCUT2D eigenvalue weighted by Crippen LogP contribution is -1.87. The molecule has 0 bridgehead atoms. The van der Waals surface area contributed by atoms with E-state index >= 15 is 0 Å². The van der Waals surface area contributed by atoms with Crippen molar-refractivity contribution in [3.8, 4) is 0 Å². The molecule has 0 radical (unpaired) electrons. The number of hydrogen-bond acceptors (Lipinski definition) is 2. The lowest BCUT2D eigenvalue weighted by Gasteiger charge is -2.04. The highest BCUT2D eigenvalue weighted by molar-refractivity contribution is 9.11. The molecule has 1 atom stereocenters. The molecule has 2 heterocycles. The number of alkyl halides is 1. The SMILES string of the molecule is Fc1ccsc1C(Br)c1ccc(Br)s1. The van der Waals surface area contributed by atoms with Crippen molar-refractivity contribution in [2.45, 2.75) is 4.83 Å². The largest absolute Gasteiger partial charge is 0.206 e. The summed E-state index contributed by atoms with van der Waals surface area (Å²) >= 11 is 9.93. The summed E-state index contributed by atoms with van der Waals surface area (Å²) in [5, 5.41) is 1.77. The van der Waals surface area contributed by atoms with Crippen LogP contribution in [0.15, 0.2) is 27.4 Å². The first-order valence-electron chi connectivity index (χ1n) is 3.80. The molecule has 0 aliphatic carbocycles. The summed E-state index contributed by atoms with van der Waals surface area (Å²) in [6, 6.07) is 5.46. The van der Waals surface area contributed by atoms with Gasteiger partial charge in [0.1, 0.15) is 5.82 Å². The van der Waals surface area contributed by atoms with Gasteiger partial charge in [-0.25, -0.2) is 4.39 Å². The maximum Gasteiger partial charge on any atom is 0.138 e. The van der Waals surface area contributed by atoms with Crippen molar-refractivity contribution in [2.75, 3.05) is 0 Å². The van der Waals surface area contributed by atoms with Crippen LogP contribution < -0.4 is 0 Å². The van der Waals surface area contributed by atoms with Crippen molar-refractivity contribution in [1.82, 2.24) is 0 Å². The van der Waals surface area contributed by atoms with Crippen LogP contribution in [0.25, 0.3) is 0 Å². The Labute approximate surface area is 106 Å². The van der Waals surface area contributed by atoms with Crippen molar-refractivity contribution in [1.29, 1.82) is 0 Å². The fourth-order valence-corrected chi connectivity index (χ4v) is 4.30. The third kappa shape index (κ3) is 2.10. The molecule has 0 saturated carbocycles. The molecule has 0 spiro atoms. The zero-order valence-corrected chi connectivity index (χ0v) is 11.6. The Hall–Kier alpha value is 0.290. The van der Waals surface area contributed by atoms with Gasteiger partial charge in [-0.1, -0.05) is 15.9 Å². The van der Waals surface area contributed by atoms with Crippen LogP contribution >= 0.6 is 54.5 Å². The molecule has 0 amide bonds. The Bertz CT molecular complexity index is 435. The molecule has 0 fully saturated rings. The molecule has 0 aliphatic rings. The summed E-state index contributed by atoms with van der Waals surface area (Å²) in [6.45, 7) is 0. The number of hydrogen-bond donors (Lipinski definition) is 0. The molecule has 2 rings (SSSR count). The summed E-state index contributed by atoms with van der Waals surface area (Å²) in [4.78, 5) is 1.82. The van der Waals surface area contributed by atoms with Gasteiger partial charge in [0.25, 0.3) is 0 Å². The second kappa shape index (κ2) is 4.43. The van der Waals surface area contributed by atoms with E-state index in [2.05, 4.69) is 31.9 Å². The Morgan fingerprint density at radius 1 is 1.29 bits per heavy atom. The monoisotopic (exact) mass is 354 g/mol. The first-order chi connectivity index (χ1) is 6.68. The zero-order valence-electron chi connectivity index (χ0n) is 6.84. The van der Waals surface area contributed by atoms with Crippen LogP contribution in [0.4, 0.5) is 4.39 Å². The maximum absolute atomic E-state index is 13.3. The van der Waals surface area contributed by atoms with Crippen molar-refractivity contribution in [2.24, 2.45) is 0 Å². The summed E-state index contributed by atoms with van der Waals surface area (Å²) in [7, 11) is 0. The van der Waals surface area contributed by atoms with Gasteiger partial charge in [-0.15, -0.1) is 22.7 Å². The van der Waals surface area contributed by atoms with E-state index < -0.39 is 0 Å². The third-order valence-electron chi connectivity index (χ3n) is 1.72. The molecule has 2 aromatic rings. The average Bonchev–Trinajstić information content (AvgIpc) is 2.73. The highest BCUT2D eigenvalue weighted by atomic mass is 79.9. The van der Waals surface area contributed by atoms with Gasteiger partial charge in [0.2, 0.25) is 0 Å². The predicted molar refractivity (Wildman–Crippen MR) is 67.1 cm³/mol. The van der Waals surface area contributed by atoms with Gasteiger partial charge < -0.3 is 0 Å². The summed E-state index contributed by atoms with van der Waals surface area (Å²) in [6.07, 6.45) is 0. The molecule has 2 aromatic heterocycles. The molecule has 74 valence electrons. The van der Waals surface area contributed by atoms with Gasteiger partial charge in [0.05, 0.1) is 13.5 Å². The maximum atomic E-state index is 13.3. The van der Waals surface area contributed by atoms with Crippen molar-refractivity contribution < 1.29 is 4.39 Å². The minimum atomic E-state index is -0.138. The Balaban J connectivity index is 2.33. The minimum Gasteiger partial charge on any atom is -0.206 e. The first kappa shape index (κ1) is 10.8. The van der Waals surface area contributed by atoms with Crippen LogP contribution in [0.5, 0.6) is 0 Å². The topological polar surface area (TPSA) is 0 Å². The van der Waals surface area contributed by atoms with Gasteiger partial charge >= 0.3 is 0 Å². The normalized spacial score (nSPS) is 13.1. The lowest BCUT2D eigenvalue weighted by atomic mass is 10.3. The van der Waals surface area contributed by atoms with Crippen LogP contribution in [0.1, 0.15) is 14.6 Å². The number of rotatable bonds is 2. The van der Waals surface area contributed by atoms with Crippen LogP contribution in [-0.4, -0.2) is 0 Å². The summed E-state index contributed by atoms with van der Waals surface area (Å²) in [5.41, 5.74) is 0. The highest BCUT2D eigenvalue weighted by Gasteiger charge is 2.17. The van der Waals surface area contributed by atoms with Crippen LogP contribution in [-0.2, 0) is 0 Å². The van der Waals surface area contributed by atoms with Gasteiger partial charge in [0, 0.05) is 4.88 Å². The van der Waals surface area contributed by atoms with E-state index in [9.17, 15) is 4.39 Å². The highest BCUT2D eigenvalue weighted by Crippen LogP contribution is 2.39. The zero-order chi connectivity index (χ0) is 10.1. The third-order valence-corrected chi connectivity index (χ3v) is 5.92. The summed E-state index contributed by atoms with van der Waals surface area (Å²) in [5.74, 6) is -0.138. The van der Waals surface area contributed by atoms with Crippen LogP contribution in [0.2, 0.25) is 0 Å². The van der Waals surface area contributed by atoms with E-state index in [4.69, 9.17) is 0 Å². The van der Waals surface area contributed by atoms with Crippen molar-refractivity contribution >= 4 is 54.5 Å². The summed E-state index contributed by atoms with van der Waals surface area (Å²) < 4.78 is 14.3. The van der Waals surface area contributed by atoms with E-state index in [0.29, 0.717) is 0 Å². The van der Waals surface area contributed by atoms with E-state index in [1.165, 1.54) is 17.4 Å². The van der Waals surface area contributed by atoms with Gasteiger partial charge in [-0.3, -0.25) is 0 Å². The standard InChI is InChI=1S/C9H5Br2FS2/c10-7-2-1-6(14-7)8(11)9-5(12)3-4-13-9/h1-4,8H. The van der Waals surface area contributed by atoms with E-state index in [1.807, 2.05) is 12.1 Å². The van der Waals surface area contributed by atoms with E-state index in [0.717, 1.165) is 13.5 Å². The number of halogens is 3. The molecular weight excluding hydrogens is 351 g/mol. The Morgan fingerprint density at radius 2 is 2.07 bits per heavy atom. The average molecular weight is 356 g/mol. The molecule has 0 nitrogen and oxygen atoms in total. The lowest BCUT2D eigenvalue weighted by molar-refractivity contribution is 0.622. The van der Waals surface area contributed by atoms with Crippen LogP contribution in [0.3, 0.4) is 0 Å². The second-order valence-electron chi connectivity index (χ2n) is 2.64. The molecule has 0 aromatic carbocycles. The fraction of sp³-hybridized carbons (Fsp3) is 0.111.